The van der Waals surface area contributed by atoms with Crippen molar-refractivity contribution in [3.63, 3.8) is 0 Å². The summed E-state index contributed by atoms with van der Waals surface area (Å²) < 4.78 is 31.4. The van der Waals surface area contributed by atoms with Crippen molar-refractivity contribution >= 4 is 27.2 Å². The largest absolute Gasteiger partial charge is 0.377 e. The Hall–Kier alpha value is -2.03. The van der Waals surface area contributed by atoms with Gasteiger partial charge in [-0.2, -0.15) is 0 Å². The van der Waals surface area contributed by atoms with Gasteiger partial charge in [0.2, 0.25) is 6.41 Å². The second kappa shape index (κ2) is 9.65. The Balaban J connectivity index is 2.20. The second-order valence-corrected chi connectivity index (χ2v) is 10.4. The van der Waals surface area contributed by atoms with Crippen LogP contribution in [-0.2, 0) is 30.0 Å². The van der Waals surface area contributed by atoms with Gasteiger partial charge in [0, 0.05) is 11.6 Å². The predicted molar refractivity (Wildman–Crippen MR) is 113 cm³/mol. The normalized spacial score (nSPS) is 13.6. The number of amides is 1. The zero-order valence-corrected chi connectivity index (χ0v) is 18.5. The average Bonchev–Trinajstić information content (AvgIpc) is 2.62. The van der Waals surface area contributed by atoms with Crippen LogP contribution in [0.4, 0.5) is 0 Å². The van der Waals surface area contributed by atoms with E-state index in [-0.39, 0.29) is 24.2 Å². The van der Waals surface area contributed by atoms with Crippen LogP contribution in [0.2, 0.25) is 0 Å². The summed E-state index contributed by atoms with van der Waals surface area (Å²) in [5.41, 5.74) is 0.757. The molecule has 0 aliphatic carbocycles. The fourth-order valence-corrected chi connectivity index (χ4v) is 4.41. The summed E-state index contributed by atoms with van der Waals surface area (Å²) in [6.07, 6.45) is 1.98. The SMILES string of the molecule is CC(C)OC[C@@H](CS(=O)(=O)Cc1cnc2ccccc2c1)N(C=O)OC(C)(C)C. The fourth-order valence-electron chi connectivity index (χ4n) is 2.80. The van der Waals surface area contributed by atoms with Crippen molar-refractivity contribution in [3.05, 3.63) is 42.1 Å². The third-order valence-electron chi connectivity index (χ3n) is 3.95. The Morgan fingerprint density at radius 1 is 1.21 bits per heavy atom. The zero-order valence-electron chi connectivity index (χ0n) is 17.7. The number of hydrogen-bond acceptors (Lipinski definition) is 6. The van der Waals surface area contributed by atoms with E-state index < -0.39 is 21.5 Å². The summed E-state index contributed by atoms with van der Waals surface area (Å²) in [6.45, 7) is 9.13. The highest BCUT2D eigenvalue weighted by Crippen LogP contribution is 2.18. The summed E-state index contributed by atoms with van der Waals surface area (Å²) >= 11 is 0. The molecule has 8 heteroatoms. The number of benzene rings is 1. The molecule has 0 aliphatic heterocycles. The number of aromatic nitrogens is 1. The molecule has 0 fully saturated rings. The van der Waals surface area contributed by atoms with E-state index in [9.17, 15) is 13.2 Å². The quantitative estimate of drug-likeness (QED) is 0.432. The maximum atomic E-state index is 12.9. The van der Waals surface area contributed by atoms with E-state index in [0.717, 1.165) is 16.0 Å². The summed E-state index contributed by atoms with van der Waals surface area (Å²) in [4.78, 5) is 21.6. The molecule has 1 aromatic heterocycles. The number of carbonyl (C=O) groups is 1. The minimum absolute atomic E-state index is 0.0572. The lowest BCUT2D eigenvalue weighted by Crippen LogP contribution is -2.46. The molecule has 0 radical (unpaired) electrons. The number of fused-ring (bicyclic) bond motifs is 1. The number of para-hydroxylation sites is 1. The molecule has 160 valence electrons. The highest BCUT2D eigenvalue weighted by molar-refractivity contribution is 7.90. The Morgan fingerprint density at radius 3 is 2.52 bits per heavy atom. The first kappa shape index (κ1) is 23.3. The van der Waals surface area contributed by atoms with Crippen LogP contribution in [-0.4, -0.2) is 55.0 Å². The van der Waals surface area contributed by atoms with Crippen LogP contribution in [0.25, 0.3) is 10.9 Å². The van der Waals surface area contributed by atoms with Gasteiger partial charge in [-0.1, -0.05) is 18.2 Å². The molecular weight excluding hydrogens is 392 g/mol. The van der Waals surface area contributed by atoms with Gasteiger partial charge in [0.1, 0.15) is 0 Å². The van der Waals surface area contributed by atoms with Gasteiger partial charge >= 0.3 is 0 Å². The van der Waals surface area contributed by atoms with Crippen LogP contribution in [0, 0.1) is 0 Å². The van der Waals surface area contributed by atoms with Crippen LogP contribution in [0.1, 0.15) is 40.2 Å². The lowest BCUT2D eigenvalue weighted by atomic mass is 10.2. The molecule has 2 rings (SSSR count). The number of ether oxygens (including phenoxy) is 1. The lowest BCUT2D eigenvalue weighted by Gasteiger charge is -2.33. The van der Waals surface area contributed by atoms with E-state index in [1.807, 2.05) is 44.2 Å². The molecule has 0 saturated heterocycles. The van der Waals surface area contributed by atoms with Gasteiger partial charge in [0.15, 0.2) is 9.84 Å². The Bertz CT molecular complexity index is 922. The summed E-state index contributed by atoms with van der Waals surface area (Å²) in [5, 5.41) is 1.93. The lowest BCUT2D eigenvalue weighted by molar-refractivity contribution is -0.235. The van der Waals surface area contributed by atoms with Crippen molar-refractivity contribution in [3.8, 4) is 0 Å². The Morgan fingerprint density at radius 2 is 1.90 bits per heavy atom. The third-order valence-corrected chi connectivity index (χ3v) is 5.61. The number of sulfone groups is 1. The topological polar surface area (TPSA) is 85.8 Å². The molecule has 1 amide bonds. The van der Waals surface area contributed by atoms with Crippen molar-refractivity contribution in [2.75, 3.05) is 12.4 Å². The standard InChI is InChI=1S/C21H30N2O5S/c1-16(2)27-12-19(23(15-24)28-21(3,4)5)14-29(25,26)13-17-10-18-8-6-7-9-20(18)22-11-17/h6-11,15-16,19H,12-14H2,1-5H3/t19-/m0/s1. The third kappa shape index (κ3) is 7.72. The van der Waals surface area contributed by atoms with Gasteiger partial charge in [-0.15, -0.1) is 0 Å². The number of hydrogen-bond donors (Lipinski definition) is 0. The van der Waals surface area contributed by atoms with Gasteiger partial charge < -0.3 is 4.74 Å². The van der Waals surface area contributed by atoms with Gasteiger partial charge in [-0.3, -0.25) is 14.6 Å². The van der Waals surface area contributed by atoms with E-state index in [1.54, 1.807) is 27.0 Å². The second-order valence-electron chi connectivity index (χ2n) is 8.30. The molecule has 0 aliphatic rings. The van der Waals surface area contributed by atoms with Crippen molar-refractivity contribution < 1.29 is 22.8 Å². The van der Waals surface area contributed by atoms with E-state index >= 15 is 0 Å². The molecule has 1 heterocycles. The molecule has 2 aromatic rings. The van der Waals surface area contributed by atoms with Crippen molar-refractivity contribution in [2.45, 2.75) is 58.1 Å². The summed E-state index contributed by atoms with van der Waals surface area (Å²) in [6, 6.07) is 8.60. The maximum absolute atomic E-state index is 12.9. The number of pyridine rings is 1. The molecule has 0 bridgehead atoms. The maximum Gasteiger partial charge on any atom is 0.233 e. The highest BCUT2D eigenvalue weighted by Gasteiger charge is 2.29. The molecular formula is C21H30N2O5S. The number of nitrogens with zero attached hydrogens (tertiary/aromatic N) is 2. The van der Waals surface area contributed by atoms with Crippen molar-refractivity contribution in [1.82, 2.24) is 10.0 Å². The molecule has 0 N–H and O–H groups in total. The molecule has 0 saturated carbocycles. The fraction of sp³-hybridized carbons (Fsp3) is 0.524. The minimum atomic E-state index is -3.56. The van der Waals surface area contributed by atoms with E-state index in [1.165, 1.54) is 0 Å². The minimum Gasteiger partial charge on any atom is -0.377 e. The average molecular weight is 423 g/mol. The molecule has 1 atom stereocenters. The molecule has 7 nitrogen and oxygen atoms in total. The first-order chi connectivity index (χ1) is 13.5. The summed E-state index contributed by atoms with van der Waals surface area (Å²) in [7, 11) is -3.56. The summed E-state index contributed by atoms with van der Waals surface area (Å²) in [5.74, 6) is -0.452. The van der Waals surface area contributed by atoms with Crippen molar-refractivity contribution in [2.24, 2.45) is 0 Å². The first-order valence-corrected chi connectivity index (χ1v) is 11.4. The van der Waals surface area contributed by atoms with Gasteiger partial charge in [0.05, 0.1) is 41.4 Å². The Labute approximate surface area is 172 Å². The number of rotatable bonds is 10. The van der Waals surface area contributed by atoms with Crippen LogP contribution in [0.5, 0.6) is 0 Å². The van der Waals surface area contributed by atoms with Gasteiger partial charge in [0.25, 0.3) is 0 Å². The number of carbonyl (C=O) groups excluding carboxylic acids is 1. The highest BCUT2D eigenvalue weighted by atomic mass is 32.2. The molecule has 1 aromatic carbocycles. The first-order valence-electron chi connectivity index (χ1n) is 9.57. The van der Waals surface area contributed by atoms with Crippen LogP contribution in [0.15, 0.2) is 36.5 Å². The van der Waals surface area contributed by atoms with Crippen molar-refractivity contribution in [1.29, 1.82) is 0 Å². The van der Waals surface area contributed by atoms with E-state index in [0.29, 0.717) is 12.0 Å². The van der Waals surface area contributed by atoms with Crippen LogP contribution >= 0.6 is 0 Å². The molecule has 29 heavy (non-hydrogen) atoms. The van der Waals surface area contributed by atoms with Crippen LogP contribution < -0.4 is 0 Å². The van der Waals surface area contributed by atoms with Gasteiger partial charge in [-0.25, -0.2) is 13.5 Å². The predicted octanol–water partition coefficient (Wildman–Crippen LogP) is 3.13. The zero-order chi connectivity index (χ0) is 21.7. The van der Waals surface area contributed by atoms with E-state index in [2.05, 4.69) is 4.98 Å². The smallest absolute Gasteiger partial charge is 0.233 e. The monoisotopic (exact) mass is 422 g/mol. The van der Waals surface area contributed by atoms with Gasteiger partial charge in [-0.05, 0) is 52.3 Å². The molecule has 0 spiro atoms. The molecule has 0 unspecified atom stereocenters. The van der Waals surface area contributed by atoms with E-state index in [4.69, 9.17) is 9.57 Å². The Kier molecular flexibility index (Phi) is 7.73. The number of hydroxylamine groups is 2. The van der Waals surface area contributed by atoms with Crippen LogP contribution in [0.3, 0.4) is 0 Å².